The highest BCUT2D eigenvalue weighted by molar-refractivity contribution is 6.00. The Labute approximate surface area is 218 Å². The van der Waals surface area contributed by atoms with Crippen LogP contribution in [0.5, 0.6) is 0 Å². The van der Waals surface area contributed by atoms with Gasteiger partial charge >= 0.3 is 12.0 Å². The maximum Gasteiger partial charge on any atom is 0.338 e. The highest BCUT2D eigenvalue weighted by Gasteiger charge is 2.35. The number of amides is 2. The van der Waals surface area contributed by atoms with Crippen LogP contribution in [0.4, 0.5) is 10.5 Å². The summed E-state index contributed by atoms with van der Waals surface area (Å²) < 4.78 is 4.99. The molecule has 0 saturated heterocycles. The number of carbonyl (C=O) groups is 3. The number of hydrogen-bond acceptors (Lipinski definition) is 6. The van der Waals surface area contributed by atoms with Crippen LogP contribution in [0.1, 0.15) is 62.0 Å². The molecule has 2 amide bonds. The predicted octanol–water partition coefficient (Wildman–Crippen LogP) is 4.79. The number of rotatable bonds is 9. The van der Waals surface area contributed by atoms with Gasteiger partial charge in [0.1, 0.15) is 11.4 Å². The molecule has 37 heavy (non-hydrogen) atoms. The molecule has 1 unspecified atom stereocenters. The first-order valence-corrected chi connectivity index (χ1v) is 12.6. The number of esters is 1. The van der Waals surface area contributed by atoms with Crippen LogP contribution in [-0.2, 0) is 22.5 Å². The smallest absolute Gasteiger partial charge is 0.338 e. The molecule has 2 aromatic rings. The van der Waals surface area contributed by atoms with Gasteiger partial charge in [0.15, 0.2) is 5.78 Å². The highest BCUT2D eigenvalue weighted by atomic mass is 16.5. The molecule has 1 heterocycles. The zero-order valence-electron chi connectivity index (χ0n) is 22.0. The van der Waals surface area contributed by atoms with Crippen LogP contribution in [0, 0.1) is 5.92 Å². The van der Waals surface area contributed by atoms with Crippen molar-refractivity contribution >= 4 is 29.3 Å². The molecule has 8 heteroatoms. The maximum absolute atomic E-state index is 13.0. The first-order valence-electron chi connectivity index (χ1n) is 12.6. The number of carbonyl (C=O) groups excluding carboxylic acids is 3. The third kappa shape index (κ3) is 8.03. The Bertz CT molecular complexity index is 1200. The van der Waals surface area contributed by atoms with Crippen molar-refractivity contribution in [3.05, 3.63) is 76.9 Å². The molecule has 3 rings (SSSR count). The summed E-state index contributed by atoms with van der Waals surface area (Å²) in [4.78, 5) is 41.7. The fourth-order valence-corrected chi connectivity index (χ4v) is 4.44. The third-order valence-electron chi connectivity index (χ3n) is 6.06. The van der Waals surface area contributed by atoms with Gasteiger partial charge in [0.2, 0.25) is 0 Å². The van der Waals surface area contributed by atoms with Crippen molar-refractivity contribution in [3.8, 4) is 0 Å². The fourth-order valence-electron chi connectivity index (χ4n) is 4.44. The van der Waals surface area contributed by atoms with Gasteiger partial charge in [0.25, 0.3) is 0 Å². The summed E-state index contributed by atoms with van der Waals surface area (Å²) >= 11 is 0. The molecule has 0 fully saturated rings. The Kier molecular flexibility index (Phi) is 9.22. The van der Waals surface area contributed by atoms with Crippen molar-refractivity contribution in [1.82, 2.24) is 5.32 Å². The third-order valence-corrected chi connectivity index (χ3v) is 6.06. The minimum atomic E-state index is -0.785. The van der Waals surface area contributed by atoms with E-state index >= 15 is 0 Å². The number of aliphatic imine (C=N–C) groups is 1. The molecule has 0 spiro atoms. The van der Waals surface area contributed by atoms with E-state index in [1.165, 1.54) is 0 Å². The number of amidine groups is 1. The van der Waals surface area contributed by atoms with Gasteiger partial charge < -0.3 is 21.1 Å². The summed E-state index contributed by atoms with van der Waals surface area (Å²) in [6.07, 6.45) is 3.42. The lowest BCUT2D eigenvalue weighted by Gasteiger charge is -2.25. The van der Waals surface area contributed by atoms with E-state index in [0.29, 0.717) is 48.8 Å². The largest absolute Gasteiger partial charge is 0.462 e. The number of nitrogens with two attached hydrogens (primary N) is 1. The number of nitrogens with one attached hydrogen (secondary N) is 2. The zero-order chi connectivity index (χ0) is 27.0. The summed E-state index contributed by atoms with van der Waals surface area (Å²) in [5, 5.41) is 5.54. The van der Waals surface area contributed by atoms with Gasteiger partial charge in [-0.25, -0.2) is 9.59 Å². The molecule has 1 aliphatic heterocycles. The number of Topliss-reactive ketones (excluding diaryl/α,β-unsaturated/α-hetero) is 1. The van der Waals surface area contributed by atoms with Gasteiger partial charge in [-0.1, -0.05) is 49.8 Å². The van der Waals surface area contributed by atoms with Gasteiger partial charge in [-0.05, 0) is 68.0 Å². The van der Waals surface area contributed by atoms with Crippen LogP contribution in [0.3, 0.4) is 0 Å². The zero-order valence-corrected chi connectivity index (χ0v) is 22.0. The second-order valence-electron chi connectivity index (χ2n) is 9.91. The Morgan fingerprint density at radius 2 is 1.84 bits per heavy atom. The number of hydrogen-bond donors (Lipinski definition) is 3. The van der Waals surface area contributed by atoms with Crippen molar-refractivity contribution < 1.29 is 19.1 Å². The maximum atomic E-state index is 13.0. The van der Waals surface area contributed by atoms with E-state index in [0.717, 1.165) is 16.7 Å². The molecule has 0 aliphatic carbocycles. The summed E-state index contributed by atoms with van der Waals surface area (Å²) in [7, 11) is 0. The van der Waals surface area contributed by atoms with Crippen LogP contribution >= 0.6 is 0 Å². The number of allylic oxidation sites excluding steroid dienone is 1. The number of anilines is 1. The Hall–Kier alpha value is -3.94. The monoisotopic (exact) mass is 504 g/mol. The van der Waals surface area contributed by atoms with E-state index in [4.69, 9.17) is 10.5 Å². The van der Waals surface area contributed by atoms with Crippen LogP contribution in [-0.4, -0.2) is 35.8 Å². The standard InChI is InChI=1S/C29H36N4O4/c1-5-37-27(35)23-7-6-8-24(16-23)32-28(36)31-18-21-11-9-20(10-12-21)13-22-14-25(34)29(4,17-19(2)3)33-26(30)15-22/h6-12,15-16,19H,5,13-14,17-18H2,1-4H3,(H2,30,33)(H2,31,32,36). The summed E-state index contributed by atoms with van der Waals surface area (Å²) in [5.74, 6) is 0.386. The number of urea groups is 1. The molecule has 196 valence electrons. The molecule has 1 aliphatic rings. The van der Waals surface area contributed by atoms with Crippen molar-refractivity contribution in [3.63, 3.8) is 0 Å². The van der Waals surface area contributed by atoms with E-state index in [-0.39, 0.29) is 18.4 Å². The number of benzene rings is 2. The molecule has 0 aromatic heterocycles. The van der Waals surface area contributed by atoms with Crippen molar-refractivity contribution in [2.24, 2.45) is 16.6 Å². The minimum Gasteiger partial charge on any atom is -0.462 e. The average molecular weight is 505 g/mol. The van der Waals surface area contributed by atoms with Gasteiger partial charge in [-0.3, -0.25) is 9.79 Å². The normalized spacial score (nSPS) is 17.5. The predicted molar refractivity (Wildman–Crippen MR) is 146 cm³/mol. The van der Waals surface area contributed by atoms with E-state index in [9.17, 15) is 14.4 Å². The van der Waals surface area contributed by atoms with Gasteiger partial charge in [-0.15, -0.1) is 0 Å². The Morgan fingerprint density at radius 1 is 1.14 bits per heavy atom. The first kappa shape index (κ1) is 27.6. The topological polar surface area (TPSA) is 123 Å². The van der Waals surface area contributed by atoms with Crippen molar-refractivity contribution in [2.75, 3.05) is 11.9 Å². The fraction of sp³-hybridized carbons (Fsp3) is 0.379. The van der Waals surface area contributed by atoms with Crippen molar-refractivity contribution in [1.29, 1.82) is 0 Å². The van der Waals surface area contributed by atoms with Crippen LogP contribution in [0.2, 0.25) is 0 Å². The molecule has 8 nitrogen and oxygen atoms in total. The SMILES string of the molecule is CCOC(=O)c1cccc(NC(=O)NCc2ccc(CC3=CC(N)=NC(C)(CC(C)C)C(=O)C3)cc2)c1. The van der Waals surface area contributed by atoms with Gasteiger partial charge in [0, 0.05) is 18.7 Å². The molecule has 2 aromatic carbocycles. The lowest BCUT2D eigenvalue weighted by Crippen LogP contribution is -2.36. The first-order chi connectivity index (χ1) is 17.6. The van der Waals surface area contributed by atoms with E-state index in [1.54, 1.807) is 31.2 Å². The molecule has 0 saturated carbocycles. The van der Waals surface area contributed by atoms with Crippen LogP contribution in [0.15, 0.2) is 65.2 Å². The van der Waals surface area contributed by atoms with E-state index in [2.05, 4.69) is 29.5 Å². The van der Waals surface area contributed by atoms with E-state index < -0.39 is 11.5 Å². The van der Waals surface area contributed by atoms with Gasteiger partial charge in [0.05, 0.1) is 12.2 Å². The molecule has 1 atom stereocenters. The molecular formula is C29H36N4O4. The quantitative estimate of drug-likeness (QED) is 0.424. The summed E-state index contributed by atoms with van der Waals surface area (Å²) in [5.41, 5.74) is 9.12. The molecule has 0 radical (unpaired) electrons. The molecule has 4 N–H and O–H groups in total. The lowest BCUT2D eigenvalue weighted by molar-refractivity contribution is -0.123. The summed E-state index contributed by atoms with van der Waals surface area (Å²) in [6, 6.07) is 14.0. The van der Waals surface area contributed by atoms with Gasteiger partial charge in [-0.2, -0.15) is 0 Å². The number of ketones is 1. The average Bonchev–Trinajstić information content (AvgIpc) is 2.92. The molecular weight excluding hydrogens is 468 g/mol. The Balaban J connectivity index is 1.54. The minimum absolute atomic E-state index is 0.0903. The van der Waals surface area contributed by atoms with E-state index in [1.807, 2.05) is 37.3 Å². The summed E-state index contributed by atoms with van der Waals surface area (Å²) in [6.45, 7) is 8.38. The highest BCUT2D eigenvalue weighted by Crippen LogP contribution is 2.28. The van der Waals surface area contributed by atoms with Crippen LogP contribution in [0.25, 0.3) is 0 Å². The number of nitrogens with zero attached hydrogens (tertiary/aromatic N) is 1. The van der Waals surface area contributed by atoms with Crippen LogP contribution < -0.4 is 16.4 Å². The molecule has 0 bridgehead atoms. The lowest BCUT2D eigenvalue weighted by atomic mass is 9.84. The van der Waals surface area contributed by atoms with Crippen molar-refractivity contribution in [2.45, 2.75) is 59.0 Å². The Morgan fingerprint density at radius 3 is 2.51 bits per heavy atom. The second kappa shape index (κ2) is 12.3. The number of ether oxygens (including phenoxy) is 1. The second-order valence-corrected chi connectivity index (χ2v) is 9.91.